The van der Waals surface area contributed by atoms with E-state index in [1.807, 2.05) is 38.2 Å². The summed E-state index contributed by atoms with van der Waals surface area (Å²) in [5.74, 6) is 1.09. The molecular weight excluding hydrogens is 254 g/mol. The van der Waals surface area contributed by atoms with Crippen LogP contribution in [0.15, 0.2) is 41.1 Å². The summed E-state index contributed by atoms with van der Waals surface area (Å²) >= 11 is 0. The van der Waals surface area contributed by atoms with E-state index in [9.17, 15) is 4.79 Å². The Balaban J connectivity index is 1.78. The molecule has 3 rings (SSSR count). The number of rotatable bonds is 3. The fraction of sp³-hybridized carbons (Fsp3) is 0.200. The average molecular weight is 269 g/mol. The van der Waals surface area contributed by atoms with Crippen molar-refractivity contribution in [3.8, 4) is 0 Å². The number of oxazole rings is 1. The molecule has 1 unspecified atom stereocenters. The Hall–Kier alpha value is -2.56. The van der Waals surface area contributed by atoms with E-state index in [0.717, 1.165) is 16.7 Å². The third-order valence-electron chi connectivity index (χ3n) is 3.17. The summed E-state index contributed by atoms with van der Waals surface area (Å²) in [6.07, 6.45) is 3.49. The molecular formula is C15H15N3O2. The summed E-state index contributed by atoms with van der Waals surface area (Å²) in [5, 5.41) is 3.96. The van der Waals surface area contributed by atoms with Gasteiger partial charge in [-0.05, 0) is 37.4 Å². The number of carbonyl (C=O) groups is 1. The smallest absolute Gasteiger partial charge is 0.251 e. The standard InChI is InChI=1S/C15H15N3O2/c1-9-8-17-15(20-9)10(2)18-14(19)12-4-3-11-5-6-16-13(11)7-12/h3-8,10,16H,1-2H3,(H,18,19). The fourth-order valence-electron chi connectivity index (χ4n) is 2.10. The van der Waals surface area contributed by atoms with Gasteiger partial charge in [-0.2, -0.15) is 0 Å². The number of nitrogens with one attached hydrogen (secondary N) is 2. The molecule has 0 radical (unpaired) electrons. The van der Waals surface area contributed by atoms with Crippen molar-refractivity contribution in [3.05, 3.63) is 53.9 Å². The first kappa shape index (κ1) is 12.5. The van der Waals surface area contributed by atoms with Gasteiger partial charge in [0.15, 0.2) is 0 Å². The molecule has 0 spiro atoms. The fourth-order valence-corrected chi connectivity index (χ4v) is 2.10. The van der Waals surface area contributed by atoms with Crippen LogP contribution in [0.2, 0.25) is 0 Å². The molecule has 0 aliphatic carbocycles. The van der Waals surface area contributed by atoms with Crippen LogP contribution in [0, 0.1) is 6.92 Å². The number of aromatic amines is 1. The van der Waals surface area contributed by atoms with Crippen molar-refractivity contribution >= 4 is 16.8 Å². The first-order valence-electron chi connectivity index (χ1n) is 6.44. The molecule has 1 atom stereocenters. The van der Waals surface area contributed by atoms with Crippen molar-refractivity contribution in [1.29, 1.82) is 0 Å². The topological polar surface area (TPSA) is 70.9 Å². The van der Waals surface area contributed by atoms with Gasteiger partial charge in [0.05, 0.1) is 6.20 Å². The normalized spacial score (nSPS) is 12.5. The summed E-state index contributed by atoms with van der Waals surface area (Å²) in [5.41, 5.74) is 1.55. The number of H-pyrrole nitrogens is 1. The van der Waals surface area contributed by atoms with E-state index in [1.54, 1.807) is 12.3 Å². The lowest BCUT2D eigenvalue weighted by atomic mass is 10.1. The van der Waals surface area contributed by atoms with Crippen molar-refractivity contribution in [2.45, 2.75) is 19.9 Å². The molecule has 5 heteroatoms. The minimum atomic E-state index is -0.268. The highest BCUT2D eigenvalue weighted by Gasteiger charge is 2.15. The zero-order valence-corrected chi connectivity index (χ0v) is 11.3. The van der Waals surface area contributed by atoms with Crippen molar-refractivity contribution in [1.82, 2.24) is 15.3 Å². The monoisotopic (exact) mass is 269 g/mol. The minimum Gasteiger partial charge on any atom is -0.444 e. The van der Waals surface area contributed by atoms with E-state index in [4.69, 9.17) is 4.42 Å². The molecule has 1 aromatic carbocycles. The zero-order chi connectivity index (χ0) is 14.1. The van der Waals surface area contributed by atoms with Crippen LogP contribution in [-0.2, 0) is 0 Å². The highest BCUT2D eigenvalue weighted by molar-refractivity contribution is 5.98. The number of nitrogens with zero attached hydrogens (tertiary/aromatic N) is 1. The molecule has 102 valence electrons. The summed E-state index contributed by atoms with van der Waals surface area (Å²) in [6, 6.07) is 7.25. The van der Waals surface area contributed by atoms with Gasteiger partial charge in [-0.1, -0.05) is 6.07 Å². The number of hydrogen-bond acceptors (Lipinski definition) is 3. The number of aryl methyl sites for hydroxylation is 1. The van der Waals surface area contributed by atoms with Gasteiger partial charge in [0.2, 0.25) is 5.89 Å². The van der Waals surface area contributed by atoms with Crippen molar-refractivity contribution < 1.29 is 9.21 Å². The van der Waals surface area contributed by atoms with Gasteiger partial charge < -0.3 is 14.7 Å². The largest absolute Gasteiger partial charge is 0.444 e. The number of amides is 1. The Labute approximate surface area is 116 Å². The lowest BCUT2D eigenvalue weighted by molar-refractivity contribution is 0.0934. The first-order valence-corrected chi connectivity index (χ1v) is 6.44. The maximum atomic E-state index is 12.2. The van der Waals surface area contributed by atoms with E-state index >= 15 is 0 Å². The SMILES string of the molecule is Cc1cnc(C(C)NC(=O)c2ccc3cc[nH]c3c2)o1. The second kappa shape index (κ2) is 4.85. The second-order valence-electron chi connectivity index (χ2n) is 4.78. The lowest BCUT2D eigenvalue weighted by Crippen LogP contribution is -2.26. The van der Waals surface area contributed by atoms with E-state index < -0.39 is 0 Å². The van der Waals surface area contributed by atoms with E-state index in [1.165, 1.54) is 0 Å². The van der Waals surface area contributed by atoms with Crippen molar-refractivity contribution in [2.75, 3.05) is 0 Å². The molecule has 0 saturated heterocycles. The average Bonchev–Trinajstić information content (AvgIpc) is 3.05. The first-order chi connectivity index (χ1) is 9.63. The number of hydrogen-bond donors (Lipinski definition) is 2. The summed E-state index contributed by atoms with van der Waals surface area (Å²) < 4.78 is 5.41. The van der Waals surface area contributed by atoms with Gasteiger partial charge in [-0.25, -0.2) is 4.98 Å². The highest BCUT2D eigenvalue weighted by atomic mass is 16.4. The zero-order valence-electron chi connectivity index (χ0n) is 11.3. The van der Waals surface area contributed by atoms with Crippen LogP contribution in [0.4, 0.5) is 0 Å². The van der Waals surface area contributed by atoms with Crippen LogP contribution in [0.1, 0.15) is 35.0 Å². The van der Waals surface area contributed by atoms with E-state index in [-0.39, 0.29) is 11.9 Å². The molecule has 0 fully saturated rings. The van der Waals surface area contributed by atoms with Gasteiger partial charge >= 0.3 is 0 Å². The van der Waals surface area contributed by atoms with Gasteiger partial charge in [-0.3, -0.25) is 4.79 Å². The molecule has 2 N–H and O–H groups in total. The number of benzene rings is 1. The molecule has 1 amide bonds. The molecule has 20 heavy (non-hydrogen) atoms. The Morgan fingerprint density at radius 2 is 2.25 bits per heavy atom. The van der Waals surface area contributed by atoms with E-state index in [2.05, 4.69) is 15.3 Å². The van der Waals surface area contributed by atoms with Gasteiger partial charge in [-0.15, -0.1) is 0 Å². The Kier molecular flexibility index (Phi) is 3.02. The number of fused-ring (bicyclic) bond motifs is 1. The van der Waals surface area contributed by atoms with Crippen molar-refractivity contribution in [2.24, 2.45) is 0 Å². The number of aromatic nitrogens is 2. The van der Waals surface area contributed by atoms with Crippen LogP contribution in [0.25, 0.3) is 10.9 Å². The number of carbonyl (C=O) groups excluding carboxylic acids is 1. The predicted octanol–water partition coefficient (Wildman–Crippen LogP) is 2.96. The predicted molar refractivity (Wildman–Crippen MR) is 75.4 cm³/mol. The Bertz CT molecular complexity index is 757. The molecule has 3 aromatic rings. The quantitative estimate of drug-likeness (QED) is 0.768. The van der Waals surface area contributed by atoms with Gasteiger partial charge in [0, 0.05) is 17.3 Å². The summed E-state index contributed by atoms with van der Waals surface area (Å²) in [7, 11) is 0. The molecule has 0 aliphatic rings. The minimum absolute atomic E-state index is 0.148. The maximum Gasteiger partial charge on any atom is 0.251 e. The van der Waals surface area contributed by atoms with Crippen LogP contribution in [0.3, 0.4) is 0 Å². The lowest BCUT2D eigenvalue weighted by Gasteiger charge is -2.10. The van der Waals surface area contributed by atoms with Crippen LogP contribution >= 0.6 is 0 Å². The molecule has 0 saturated carbocycles. The molecule has 2 heterocycles. The Morgan fingerprint density at radius 1 is 1.40 bits per heavy atom. The van der Waals surface area contributed by atoms with Gasteiger partial charge in [0.25, 0.3) is 5.91 Å². The Morgan fingerprint density at radius 3 is 3.00 bits per heavy atom. The van der Waals surface area contributed by atoms with Crippen molar-refractivity contribution in [3.63, 3.8) is 0 Å². The van der Waals surface area contributed by atoms with Crippen LogP contribution in [-0.4, -0.2) is 15.9 Å². The van der Waals surface area contributed by atoms with Crippen LogP contribution in [0.5, 0.6) is 0 Å². The summed E-state index contributed by atoms with van der Waals surface area (Å²) in [4.78, 5) is 19.4. The van der Waals surface area contributed by atoms with Gasteiger partial charge in [0.1, 0.15) is 11.8 Å². The molecule has 2 aromatic heterocycles. The molecule has 0 bridgehead atoms. The second-order valence-corrected chi connectivity index (χ2v) is 4.78. The summed E-state index contributed by atoms with van der Waals surface area (Å²) in [6.45, 7) is 3.67. The third kappa shape index (κ3) is 2.30. The third-order valence-corrected chi connectivity index (χ3v) is 3.17. The van der Waals surface area contributed by atoms with E-state index in [0.29, 0.717) is 11.5 Å². The maximum absolute atomic E-state index is 12.2. The van der Waals surface area contributed by atoms with Crippen LogP contribution < -0.4 is 5.32 Å². The molecule has 0 aliphatic heterocycles. The molecule has 5 nitrogen and oxygen atoms in total. The highest BCUT2D eigenvalue weighted by Crippen LogP contribution is 2.16.